The predicted octanol–water partition coefficient (Wildman–Crippen LogP) is 4.55. The summed E-state index contributed by atoms with van der Waals surface area (Å²) in [7, 11) is 0. The predicted molar refractivity (Wildman–Crippen MR) is 121 cm³/mol. The molecule has 0 unspecified atom stereocenters. The number of aromatic nitrogens is 2. The Morgan fingerprint density at radius 1 is 1.18 bits per heavy atom. The number of carbonyl (C=O) groups excluding carboxylic acids is 1. The quantitative estimate of drug-likeness (QED) is 0.459. The van der Waals surface area contributed by atoms with Crippen LogP contribution >= 0.6 is 0 Å². The number of alkyl halides is 1. The summed E-state index contributed by atoms with van der Waals surface area (Å²) in [5.74, 6) is 0.197. The van der Waals surface area contributed by atoms with E-state index in [0.717, 1.165) is 0 Å². The van der Waals surface area contributed by atoms with E-state index >= 15 is 0 Å². The molecule has 1 aliphatic rings. The Labute approximate surface area is 189 Å². The summed E-state index contributed by atoms with van der Waals surface area (Å²) in [6, 6.07) is 9.38. The van der Waals surface area contributed by atoms with Crippen LogP contribution in [0.4, 0.5) is 30.8 Å². The lowest BCUT2D eigenvalue weighted by molar-refractivity contribution is -0.0797. The van der Waals surface area contributed by atoms with Crippen LogP contribution in [0.25, 0.3) is 10.9 Å². The molecular formula is C23H25F2N5O3. The monoisotopic (exact) mass is 457 g/mol. The minimum atomic E-state index is -1.34. The summed E-state index contributed by atoms with van der Waals surface area (Å²) in [5, 5.41) is 8.61. The fraction of sp³-hybridized carbons (Fsp3) is 0.348. The van der Waals surface area contributed by atoms with Gasteiger partial charge in [0.2, 0.25) is 0 Å². The molecule has 0 spiro atoms. The number of amides is 2. The number of nitrogens with one attached hydrogen (secondary N) is 3. The van der Waals surface area contributed by atoms with Gasteiger partial charge in [-0.05, 0) is 44.5 Å². The largest absolute Gasteiger partial charge is 0.485 e. The smallest absolute Gasteiger partial charge is 0.319 e. The first-order valence-corrected chi connectivity index (χ1v) is 10.6. The average molecular weight is 457 g/mol. The number of urea groups is 1. The Bertz CT molecular complexity index is 1130. The number of benzene rings is 2. The van der Waals surface area contributed by atoms with Crippen LogP contribution < -0.4 is 20.7 Å². The third-order valence-electron chi connectivity index (χ3n) is 4.98. The highest BCUT2D eigenvalue weighted by Crippen LogP contribution is 2.30. The van der Waals surface area contributed by atoms with Crippen LogP contribution in [0, 0.1) is 5.82 Å². The van der Waals surface area contributed by atoms with Gasteiger partial charge < -0.3 is 25.4 Å². The van der Waals surface area contributed by atoms with Gasteiger partial charge in [0.25, 0.3) is 0 Å². The van der Waals surface area contributed by atoms with Crippen molar-refractivity contribution in [1.29, 1.82) is 0 Å². The topological polar surface area (TPSA) is 97.4 Å². The molecule has 0 radical (unpaired) electrons. The van der Waals surface area contributed by atoms with Crippen LogP contribution in [0.1, 0.15) is 20.3 Å². The normalized spacial score (nSPS) is 13.9. The van der Waals surface area contributed by atoms with E-state index < -0.39 is 17.5 Å². The van der Waals surface area contributed by atoms with Crippen LogP contribution in [0.2, 0.25) is 0 Å². The first kappa shape index (κ1) is 22.7. The maximum absolute atomic E-state index is 14.9. The molecule has 2 heterocycles. The molecule has 0 saturated carbocycles. The van der Waals surface area contributed by atoms with Gasteiger partial charge in [0.05, 0.1) is 24.1 Å². The molecule has 1 aromatic heterocycles. The maximum Gasteiger partial charge on any atom is 0.319 e. The van der Waals surface area contributed by atoms with Crippen molar-refractivity contribution < 1.29 is 23.0 Å². The van der Waals surface area contributed by atoms with Crippen molar-refractivity contribution in [2.24, 2.45) is 0 Å². The van der Waals surface area contributed by atoms with Gasteiger partial charge in [-0.2, -0.15) is 0 Å². The Balaban J connectivity index is 1.41. The summed E-state index contributed by atoms with van der Waals surface area (Å²) in [4.78, 5) is 20.3. The second kappa shape index (κ2) is 9.53. The van der Waals surface area contributed by atoms with E-state index in [2.05, 4.69) is 25.9 Å². The molecular weight excluding hydrogens is 432 g/mol. The molecule has 0 aliphatic carbocycles. The Kier molecular flexibility index (Phi) is 6.55. The fourth-order valence-electron chi connectivity index (χ4n) is 3.18. The fourth-order valence-corrected chi connectivity index (χ4v) is 3.18. The van der Waals surface area contributed by atoms with Crippen molar-refractivity contribution in [1.82, 2.24) is 15.3 Å². The molecule has 2 aromatic carbocycles. The van der Waals surface area contributed by atoms with Crippen molar-refractivity contribution in [3.05, 3.63) is 48.5 Å². The second-order valence-electron chi connectivity index (χ2n) is 8.35. The van der Waals surface area contributed by atoms with Gasteiger partial charge in [0.1, 0.15) is 35.5 Å². The Hall–Kier alpha value is -3.53. The van der Waals surface area contributed by atoms with Gasteiger partial charge in [-0.15, -0.1) is 0 Å². The molecule has 4 rings (SSSR count). The third-order valence-corrected chi connectivity index (χ3v) is 4.98. The van der Waals surface area contributed by atoms with Crippen molar-refractivity contribution in [2.45, 2.75) is 32.0 Å². The zero-order valence-corrected chi connectivity index (χ0v) is 18.3. The number of anilines is 3. The van der Waals surface area contributed by atoms with Gasteiger partial charge >= 0.3 is 6.03 Å². The number of rotatable bonds is 8. The molecule has 0 bridgehead atoms. The maximum atomic E-state index is 14.9. The SMILES string of the molecule is CC(C)(F)CCNC(=O)Nc1ccc(Nc2ncnc3cc(OC4COC4)cc(F)c23)cc1. The van der Waals surface area contributed by atoms with E-state index in [9.17, 15) is 13.6 Å². The summed E-state index contributed by atoms with van der Waals surface area (Å²) < 4.78 is 39.1. The highest BCUT2D eigenvalue weighted by molar-refractivity contribution is 5.92. The summed E-state index contributed by atoms with van der Waals surface area (Å²) in [5.41, 5.74) is 0.268. The molecule has 1 fully saturated rings. The lowest BCUT2D eigenvalue weighted by Crippen LogP contribution is -2.38. The number of carbonyl (C=O) groups is 1. The zero-order chi connectivity index (χ0) is 23.4. The highest BCUT2D eigenvalue weighted by atomic mass is 19.1. The second-order valence-corrected chi connectivity index (χ2v) is 8.35. The summed E-state index contributed by atoms with van der Waals surface area (Å²) >= 11 is 0. The minimum absolute atomic E-state index is 0.0778. The van der Waals surface area contributed by atoms with Crippen LogP contribution in [0.5, 0.6) is 5.75 Å². The van der Waals surface area contributed by atoms with Crippen LogP contribution in [-0.2, 0) is 4.74 Å². The average Bonchev–Trinajstić information content (AvgIpc) is 2.71. The first-order valence-electron chi connectivity index (χ1n) is 10.6. The molecule has 33 heavy (non-hydrogen) atoms. The van der Waals surface area contributed by atoms with Gasteiger partial charge in [-0.1, -0.05) is 0 Å². The molecule has 10 heteroatoms. The van der Waals surface area contributed by atoms with Crippen LogP contribution in [0.3, 0.4) is 0 Å². The summed E-state index contributed by atoms with van der Waals surface area (Å²) in [6.07, 6.45) is 1.49. The van der Waals surface area contributed by atoms with Crippen LogP contribution in [-0.4, -0.2) is 47.5 Å². The Morgan fingerprint density at radius 2 is 1.91 bits per heavy atom. The third kappa shape index (κ3) is 6.04. The van der Waals surface area contributed by atoms with Gasteiger partial charge in [0, 0.05) is 30.1 Å². The number of hydrogen-bond donors (Lipinski definition) is 3. The number of nitrogens with zero attached hydrogens (tertiary/aromatic N) is 2. The van der Waals surface area contributed by atoms with E-state index in [1.165, 1.54) is 26.2 Å². The number of halogens is 2. The lowest BCUT2D eigenvalue weighted by atomic mass is 10.1. The van der Waals surface area contributed by atoms with Crippen molar-refractivity contribution in [2.75, 3.05) is 30.4 Å². The van der Waals surface area contributed by atoms with E-state index in [0.29, 0.717) is 41.7 Å². The van der Waals surface area contributed by atoms with Crippen LogP contribution in [0.15, 0.2) is 42.7 Å². The molecule has 0 atom stereocenters. The highest BCUT2D eigenvalue weighted by Gasteiger charge is 2.21. The first-order chi connectivity index (χ1) is 15.8. The minimum Gasteiger partial charge on any atom is -0.485 e. The number of hydrogen-bond acceptors (Lipinski definition) is 6. The number of fused-ring (bicyclic) bond motifs is 1. The molecule has 2 amide bonds. The van der Waals surface area contributed by atoms with E-state index in [1.54, 1.807) is 30.3 Å². The molecule has 174 valence electrons. The zero-order valence-electron chi connectivity index (χ0n) is 18.3. The molecule has 8 nitrogen and oxygen atoms in total. The van der Waals surface area contributed by atoms with Crippen molar-refractivity contribution in [3.8, 4) is 5.75 Å². The molecule has 3 aromatic rings. The van der Waals surface area contributed by atoms with Gasteiger partial charge in [0.15, 0.2) is 0 Å². The van der Waals surface area contributed by atoms with E-state index in [1.807, 2.05) is 0 Å². The lowest BCUT2D eigenvalue weighted by Gasteiger charge is -2.26. The molecule has 1 aliphatic heterocycles. The van der Waals surface area contributed by atoms with Crippen molar-refractivity contribution >= 4 is 34.1 Å². The molecule has 1 saturated heterocycles. The van der Waals surface area contributed by atoms with Crippen molar-refractivity contribution in [3.63, 3.8) is 0 Å². The molecule has 3 N–H and O–H groups in total. The Morgan fingerprint density at radius 3 is 2.58 bits per heavy atom. The standard InChI is InChI=1S/C23H25F2N5O3/c1-23(2,25)7-8-26-22(31)30-15-5-3-14(4-6-15)29-21-20-18(24)9-16(33-17-11-32-12-17)10-19(20)27-13-28-21/h3-6,9-10,13,17H,7-8,11-12H2,1-2H3,(H2,26,30,31)(H,27,28,29). The van der Waals surface area contributed by atoms with Gasteiger partial charge in [-0.25, -0.2) is 23.5 Å². The van der Waals surface area contributed by atoms with E-state index in [4.69, 9.17) is 9.47 Å². The number of ether oxygens (including phenoxy) is 2. The summed E-state index contributed by atoms with van der Waals surface area (Å²) in [6.45, 7) is 4.12. The van der Waals surface area contributed by atoms with E-state index in [-0.39, 0.29) is 24.5 Å². The van der Waals surface area contributed by atoms with Gasteiger partial charge in [-0.3, -0.25) is 0 Å².